The molecule has 0 aliphatic carbocycles. The van der Waals surface area contributed by atoms with Crippen LogP contribution in [0.1, 0.15) is 24.0 Å². The minimum Gasteiger partial charge on any atom is -0.480 e. The van der Waals surface area contributed by atoms with E-state index in [1.54, 1.807) is 18.5 Å². The summed E-state index contributed by atoms with van der Waals surface area (Å²) in [5, 5.41) is 22.6. The van der Waals surface area contributed by atoms with Crippen molar-refractivity contribution in [2.45, 2.75) is 25.5 Å². The number of aliphatic hydroxyl groups excluding tert-OH is 1. The minimum absolute atomic E-state index is 0.304. The molecule has 1 saturated heterocycles. The third kappa shape index (κ3) is 3.80. The molecule has 0 amide bonds. The first-order valence-corrected chi connectivity index (χ1v) is 8.26. The number of aliphatic hydroxyl groups is 1. The van der Waals surface area contributed by atoms with Gasteiger partial charge in [0, 0.05) is 37.6 Å². The summed E-state index contributed by atoms with van der Waals surface area (Å²) in [7, 11) is 1.49. The summed E-state index contributed by atoms with van der Waals surface area (Å²) in [4.78, 5) is 10.7. The smallest absolute Gasteiger partial charge is 0.233 e. The van der Waals surface area contributed by atoms with Crippen LogP contribution in [0.15, 0.2) is 30.6 Å². The maximum atomic E-state index is 9.92. The quantitative estimate of drug-likeness (QED) is 0.859. The molecule has 1 fully saturated rings. The molecule has 130 valence electrons. The number of nitrogens with one attached hydrogen (secondary N) is 1. The molecule has 1 aliphatic heterocycles. The molecule has 0 unspecified atom stereocenters. The van der Waals surface area contributed by atoms with Crippen LogP contribution >= 0.6 is 0 Å². The van der Waals surface area contributed by atoms with Crippen LogP contribution in [0.3, 0.4) is 0 Å². The summed E-state index contributed by atoms with van der Waals surface area (Å²) in [6.45, 7) is 1.99. The van der Waals surface area contributed by atoms with E-state index in [9.17, 15) is 10.4 Å². The minimum atomic E-state index is -0.314. The van der Waals surface area contributed by atoms with E-state index in [0.717, 1.165) is 30.8 Å². The highest BCUT2D eigenvalue weighted by atomic mass is 16.5. The van der Waals surface area contributed by atoms with Crippen molar-refractivity contribution in [3.05, 3.63) is 41.7 Å². The molecule has 1 aliphatic rings. The molecule has 1 atom stereocenters. The lowest BCUT2D eigenvalue weighted by molar-refractivity contribution is 0.154. The van der Waals surface area contributed by atoms with Gasteiger partial charge in [-0.25, -0.2) is 9.97 Å². The van der Waals surface area contributed by atoms with Crippen LogP contribution in [-0.2, 0) is 6.54 Å². The maximum Gasteiger partial charge on any atom is 0.233 e. The van der Waals surface area contributed by atoms with Crippen molar-refractivity contribution in [3.8, 4) is 11.9 Å². The lowest BCUT2D eigenvalue weighted by atomic mass is 10.1. The first-order chi connectivity index (χ1) is 12.2. The number of nitrogens with zero attached hydrogens (tertiary/aromatic N) is 4. The molecular weight excluding hydrogens is 318 g/mol. The molecule has 3 rings (SSSR count). The fourth-order valence-corrected chi connectivity index (χ4v) is 3.04. The van der Waals surface area contributed by atoms with Crippen molar-refractivity contribution in [3.63, 3.8) is 0 Å². The largest absolute Gasteiger partial charge is 0.480 e. The van der Waals surface area contributed by atoms with Gasteiger partial charge in [0.25, 0.3) is 0 Å². The summed E-state index contributed by atoms with van der Waals surface area (Å²) in [6.07, 6.45) is 4.83. The van der Waals surface area contributed by atoms with Gasteiger partial charge in [0.05, 0.1) is 18.9 Å². The number of aromatic nitrogens is 2. The fraction of sp³-hybridized carbons (Fsp3) is 0.389. The van der Waals surface area contributed by atoms with Crippen molar-refractivity contribution in [2.24, 2.45) is 0 Å². The predicted molar refractivity (Wildman–Crippen MR) is 94.5 cm³/mol. The second-order valence-corrected chi connectivity index (χ2v) is 5.94. The van der Waals surface area contributed by atoms with Gasteiger partial charge in [0.15, 0.2) is 0 Å². The van der Waals surface area contributed by atoms with Crippen LogP contribution in [0.25, 0.3) is 0 Å². The monoisotopic (exact) mass is 339 g/mol. The Morgan fingerprint density at radius 2 is 2.28 bits per heavy atom. The maximum absolute atomic E-state index is 9.92. The molecule has 0 bridgehead atoms. The fourth-order valence-electron chi connectivity index (χ4n) is 3.04. The van der Waals surface area contributed by atoms with Gasteiger partial charge in [-0.05, 0) is 25.0 Å². The summed E-state index contributed by atoms with van der Waals surface area (Å²) < 4.78 is 5.14. The van der Waals surface area contributed by atoms with Gasteiger partial charge in [-0.2, -0.15) is 5.26 Å². The summed E-state index contributed by atoms with van der Waals surface area (Å²) in [5.41, 5.74) is 2.06. The van der Waals surface area contributed by atoms with Crippen molar-refractivity contribution < 1.29 is 9.84 Å². The summed E-state index contributed by atoms with van der Waals surface area (Å²) in [5.74, 6) is 1.17. The Labute approximate surface area is 146 Å². The number of hydrogen-bond donors (Lipinski definition) is 2. The van der Waals surface area contributed by atoms with E-state index in [2.05, 4.69) is 26.3 Å². The molecule has 2 N–H and O–H groups in total. The SMILES string of the molecule is COc1nccc(NCc2cccnc2N2CCC[C@@H](O)C2)c1C#N. The Kier molecular flexibility index (Phi) is 5.31. The van der Waals surface area contributed by atoms with Gasteiger partial charge in [0.2, 0.25) is 5.88 Å². The molecule has 25 heavy (non-hydrogen) atoms. The van der Waals surface area contributed by atoms with Crippen LogP contribution in [-0.4, -0.2) is 41.4 Å². The zero-order valence-corrected chi connectivity index (χ0v) is 14.1. The number of methoxy groups -OCH3 is 1. The van der Waals surface area contributed by atoms with Crippen molar-refractivity contribution in [1.29, 1.82) is 5.26 Å². The number of pyridine rings is 2. The van der Waals surface area contributed by atoms with Gasteiger partial charge >= 0.3 is 0 Å². The van der Waals surface area contributed by atoms with E-state index in [1.807, 2.05) is 12.1 Å². The predicted octanol–water partition coefficient (Wildman–Crippen LogP) is 1.93. The molecule has 7 heteroatoms. The zero-order chi connectivity index (χ0) is 17.6. The molecule has 2 aromatic heterocycles. The number of hydrogen-bond acceptors (Lipinski definition) is 7. The topological polar surface area (TPSA) is 94.3 Å². The highest BCUT2D eigenvalue weighted by Crippen LogP contribution is 2.26. The van der Waals surface area contributed by atoms with Crippen molar-refractivity contribution in [2.75, 3.05) is 30.4 Å². The normalized spacial score (nSPS) is 17.0. The standard InChI is InChI=1S/C18H21N5O2/c1-25-18-15(10-19)16(6-8-21-18)22-11-13-4-2-7-20-17(13)23-9-3-5-14(24)12-23/h2,4,6-8,14,24H,3,5,9,11-12H2,1H3,(H,21,22)/t14-/m1/s1. The molecular formula is C18H21N5O2. The van der Waals surface area contributed by atoms with Crippen LogP contribution < -0.4 is 15.0 Å². The van der Waals surface area contributed by atoms with Gasteiger partial charge in [-0.1, -0.05) is 6.07 Å². The second-order valence-electron chi connectivity index (χ2n) is 5.94. The van der Waals surface area contributed by atoms with E-state index >= 15 is 0 Å². The highest BCUT2D eigenvalue weighted by Gasteiger charge is 2.21. The van der Waals surface area contributed by atoms with Crippen molar-refractivity contribution >= 4 is 11.5 Å². The van der Waals surface area contributed by atoms with Crippen LogP contribution in [0.2, 0.25) is 0 Å². The molecule has 7 nitrogen and oxygen atoms in total. The van der Waals surface area contributed by atoms with Gasteiger partial charge < -0.3 is 20.1 Å². The number of nitriles is 1. The Balaban J connectivity index is 1.80. The first-order valence-electron chi connectivity index (χ1n) is 8.26. The Morgan fingerprint density at radius 1 is 1.40 bits per heavy atom. The molecule has 3 heterocycles. The number of β-amino-alcohol motifs (C(OH)–C–C–N with tert-alkyl or cyclic N) is 1. The molecule has 0 spiro atoms. The number of piperidine rings is 1. The van der Waals surface area contributed by atoms with E-state index in [1.165, 1.54) is 7.11 Å². The zero-order valence-electron chi connectivity index (χ0n) is 14.1. The Hall–Kier alpha value is -2.85. The molecule has 2 aromatic rings. The molecule has 0 aromatic carbocycles. The Bertz CT molecular complexity index is 774. The summed E-state index contributed by atoms with van der Waals surface area (Å²) in [6, 6.07) is 7.77. The summed E-state index contributed by atoms with van der Waals surface area (Å²) >= 11 is 0. The van der Waals surface area contributed by atoms with E-state index < -0.39 is 0 Å². The highest BCUT2D eigenvalue weighted by molar-refractivity contribution is 5.62. The second kappa shape index (κ2) is 7.81. The third-order valence-electron chi connectivity index (χ3n) is 4.25. The number of ether oxygens (including phenoxy) is 1. The Morgan fingerprint density at radius 3 is 3.04 bits per heavy atom. The van der Waals surface area contributed by atoms with Crippen LogP contribution in [0.5, 0.6) is 5.88 Å². The number of anilines is 2. The third-order valence-corrected chi connectivity index (χ3v) is 4.25. The number of rotatable bonds is 5. The van der Waals surface area contributed by atoms with Crippen molar-refractivity contribution in [1.82, 2.24) is 9.97 Å². The molecule has 0 radical (unpaired) electrons. The average molecular weight is 339 g/mol. The van der Waals surface area contributed by atoms with E-state index in [-0.39, 0.29) is 6.10 Å². The lowest BCUT2D eigenvalue weighted by Gasteiger charge is -2.32. The van der Waals surface area contributed by atoms with Crippen LogP contribution in [0.4, 0.5) is 11.5 Å². The van der Waals surface area contributed by atoms with E-state index in [0.29, 0.717) is 30.2 Å². The molecule has 0 saturated carbocycles. The van der Waals surface area contributed by atoms with Gasteiger partial charge in [-0.15, -0.1) is 0 Å². The van der Waals surface area contributed by atoms with Crippen LogP contribution in [0, 0.1) is 11.3 Å². The average Bonchev–Trinajstić information content (AvgIpc) is 2.66. The van der Waals surface area contributed by atoms with E-state index in [4.69, 9.17) is 4.74 Å². The van der Waals surface area contributed by atoms with Gasteiger partial charge in [-0.3, -0.25) is 0 Å². The lowest BCUT2D eigenvalue weighted by Crippen LogP contribution is -2.39. The van der Waals surface area contributed by atoms with Gasteiger partial charge in [0.1, 0.15) is 17.5 Å². The first kappa shape index (κ1) is 17.0.